The summed E-state index contributed by atoms with van der Waals surface area (Å²) in [7, 11) is 0. The van der Waals surface area contributed by atoms with E-state index in [9.17, 15) is 9.59 Å². The number of nitrogens with one attached hydrogen (secondary N) is 2. The lowest BCUT2D eigenvalue weighted by molar-refractivity contribution is -0.114. The molecule has 3 aromatic rings. The van der Waals surface area contributed by atoms with Crippen LogP contribution in [0.4, 0.5) is 11.4 Å². The average molecular weight is 430 g/mol. The molecule has 0 saturated heterocycles. The molecular weight excluding hydrogens is 414 g/mol. The van der Waals surface area contributed by atoms with Crippen LogP contribution in [0.5, 0.6) is 0 Å². The van der Waals surface area contributed by atoms with Crippen molar-refractivity contribution in [1.82, 2.24) is 4.98 Å². The molecule has 0 radical (unpaired) electrons. The van der Waals surface area contributed by atoms with Gasteiger partial charge in [-0.15, -0.1) is 11.3 Å². The molecule has 0 atom stereocenters. The number of amides is 2. The predicted molar refractivity (Wildman–Crippen MR) is 108 cm³/mol. The van der Waals surface area contributed by atoms with Crippen LogP contribution in [0, 0.1) is 0 Å². The molecule has 2 amide bonds. The quantitative estimate of drug-likeness (QED) is 0.616. The van der Waals surface area contributed by atoms with Crippen molar-refractivity contribution < 1.29 is 9.59 Å². The molecule has 0 saturated carbocycles. The zero-order chi connectivity index (χ0) is 18.5. The van der Waals surface area contributed by atoms with Crippen LogP contribution in [0.3, 0.4) is 0 Å². The Morgan fingerprint density at radius 2 is 1.85 bits per heavy atom. The summed E-state index contributed by atoms with van der Waals surface area (Å²) in [6.45, 7) is 1.42. The van der Waals surface area contributed by atoms with E-state index in [0.717, 1.165) is 15.0 Å². The third-order valence-electron chi connectivity index (χ3n) is 3.52. The highest BCUT2D eigenvalue weighted by Gasteiger charge is 2.14. The normalized spacial score (nSPS) is 10.4. The zero-order valence-corrected chi connectivity index (χ0v) is 16.4. The number of carbonyl (C=O) groups is 2. The van der Waals surface area contributed by atoms with E-state index >= 15 is 0 Å². The highest BCUT2D eigenvalue weighted by Crippen LogP contribution is 2.27. The van der Waals surface area contributed by atoms with Gasteiger partial charge in [-0.25, -0.2) is 4.98 Å². The van der Waals surface area contributed by atoms with Crippen LogP contribution >= 0.6 is 27.3 Å². The maximum absolute atomic E-state index is 12.5. The number of hydrogen-bond acceptors (Lipinski definition) is 4. The van der Waals surface area contributed by atoms with Crippen LogP contribution in [0.2, 0.25) is 0 Å². The van der Waals surface area contributed by atoms with Crippen molar-refractivity contribution in [3.05, 3.63) is 74.6 Å². The number of carbonyl (C=O) groups excluding carboxylic acids is 2. The van der Waals surface area contributed by atoms with E-state index in [2.05, 4.69) is 31.5 Å². The molecule has 26 heavy (non-hydrogen) atoms. The second-order valence-electron chi connectivity index (χ2n) is 5.61. The first-order valence-electron chi connectivity index (χ1n) is 7.88. The van der Waals surface area contributed by atoms with E-state index in [1.54, 1.807) is 23.6 Å². The third kappa shape index (κ3) is 4.77. The molecule has 0 aliphatic heterocycles. The van der Waals surface area contributed by atoms with Gasteiger partial charge in [0.05, 0.1) is 16.4 Å². The van der Waals surface area contributed by atoms with E-state index in [4.69, 9.17) is 0 Å². The molecule has 2 aromatic carbocycles. The van der Waals surface area contributed by atoms with Gasteiger partial charge in [0.1, 0.15) is 5.69 Å². The van der Waals surface area contributed by atoms with Crippen molar-refractivity contribution in [3.63, 3.8) is 0 Å². The average Bonchev–Trinajstić information content (AvgIpc) is 3.06. The predicted octanol–water partition coefficient (Wildman–Crippen LogP) is 4.71. The van der Waals surface area contributed by atoms with Crippen molar-refractivity contribution in [3.8, 4) is 0 Å². The van der Waals surface area contributed by atoms with Crippen LogP contribution in [0.1, 0.15) is 28.0 Å². The van der Waals surface area contributed by atoms with Crippen LogP contribution in [0.25, 0.3) is 0 Å². The number of rotatable bonds is 5. The van der Waals surface area contributed by atoms with E-state index in [-0.39, 0.29) is 11.8 Å². The van der Waals surface area contributed by atoms with Crippen molar-refractivity contribution in [2.45, 2.75) is 13.3 Å². The number of anilines is 2. The Kier molecular flexibility index (Phi) is 5.80. The van der Waals surface area contributed by atoms with Gasteiger partial charge in [-0.05, 0) is 23.8 Å². The molecule has 0 fully saturated rings. The molecule has 1 heterocycles. The summed E-state index contributed by atoms with van der Waals surface area (Å²) in [5.41, 5.74) is 2.55. The van der Waals surface area contributed by atoms with Crippen LogP contribution in [-0.4, -0.2) is 16.8 Å². The van der Waals surface area contributed by atoms with Crippen molar-refractivity contribution in [2.75, 3.05) is 10.6 Å². The largest absolute Gasteiger partial charge is 0.325 e. The smallest absolute Gasteiger partial charge is 0.275 e. The molecule has 5 nitrogen and oxygen atoms in total. The molecule has 0 aliphatic carbocycles. The second-order valence-corrected chi connectivity index (χ2v) is 7.47. The standard InChI is InChI=1S/C19H16BrN3O2S/c1-12(24)21-15-8-7-14(20)10-16(15)23-19(25)17-11-26-18(22-17)9-13-5-3-2-4-6-13/h2-8,10-11H,9H2,1H3,(H,21,24)(H,23,25). The molecule has 7 heteroatoms. The maximum Gasteiger partial charge on any atom is 0.275 e. The molecule has 3 rings (SSSR count). The number of thiazole rings is 1. The molecular formula is C19H16BrN3O2S. The number of nitrogens with zero attached hydrogens (tertiary/aromatic N) is 1. The van der Waals surface area contributed by atoms with Crippen molar-refractivity contribution >= 4 is 50.5 Å². The highest BCUT2D eigenvalue weighted by molar-refractivity contribution is 9.10. The Balaban J connectivity index is 1.75. The van der Waals surface area contributed by atoms with Gasteiger partial charge in [0.2, 0.25) is 5.91 Å². The van der Waals surface area contributed by atoms with Crippen LogP contribution < -0.4 is 10.6 Å². The Hall–Kier alpha value is -2.51. The van der Waals surface area contributed by atoms with Crippen LogP contribution in [0.15, 0.2) is 58.4 Å². The van der Waals surface area contributed by atoms with E-state index < -0.39 is 0 Å². The number of halogens is 1. The summed E-state index contributed by atoms with van der Waals surface area (Å²) in [4.78, 5) is 28.3. The summed E-state index contributed by atoms with van der Waals surface area (Å²) in [6.07, 6.45) is 0.687. The summed E-state index contributed by atoms with van der Waals surface area (Å²) in [6, 6.07) is 15.2. The minimum absolute atomic E-state index is 0.207. The Bertz CT molecular complexity index is 941. The van der Waals surface area contributed by atoms with Gasteiger partial charge in [0, 0.05) is 23.2 Å². The summed E-state index contributed by atoms with van der Waals surface area (Å²) < 4.78 is 0.796. The fourth-order valence-electron chi connectivity index (χ4n) is 2.37. The second kappa shape index (κ2) is 8.25. The molecule has 2 N–H and O–H groups in total. The first-order valence-corrected chi connectivity index (χ1v) is 9.55. The van der Waals surface area contributed by atoms with E-state index in [1.807, 2.05) is 30.3 Å². The highest BCUT2D eigenvalue weighted by atomic mass is 79.9. The summed E-state index contributed by atoms with van der Waals surface area (Å²) in [5.74, 6) is -0.521. The lowest BCUT2D eigenvalue weighted by Crippen LogP contribution is -2.15. The lowest BCUT2D eigenvalue weighted by atomic mass is 10.2. The van der Waals surface area contributed by atoms with Gasteiger partial charge in [0.15, 0.2) is 0 Å². The molecule has 132 valence electrons. The monoisotopic (exact) mass is 429 g/mol. The van der Waals surface area contributed by atoms with Gasteiger partial charge < -0.3 is 10.6 Å². The van der Waals surface area contributed by atoms with Gasteiger partial charge in [-0.2, -0.15) is 0 Å². The summed E-state index contributed by atoms with van der Waals surface area (Å²) >= 11 is 4.82. The van der Waals surface area contributed by atoms with Crippen molar-refractivity contribution in [1.29, 1.82) is 0 Å². The van der Waals surface area contributed by atoms with Gasteiger partial charge in [-0.3, -0.25) is 9.59 Å². The topological polar surface area (TPSA) is 71.1 Å². The minimum atomic E-state index is -0.315. The summed E-state index contributed by atoms with van der Waals surface area (Å²) in [5, 5.41) is 8.13. The minimum Gasteiger partial charge on any atom is -0.325 e. The Labute approximate surface area is 163 Å². The van der Waals surface area contributed by atoms with Gasteiger partial charge in [-0.1, -0.05) is 46.3 Å². The van der Waals surface area contributed by atoms with Gasteiger partial charge >= 0.3 is 0 Å². The Morgan fingerprint density at radius 3 is 2.58 bits per heavy atom. The Morgan fingerprint density at radius 1 is 1.08 bits per heavy atom. The molecule has 0 unspecified atom stereocenters. The van der Waals surface area contributed by atoms with Crippen molar-refractivity contribution in [2.24, 2.45) is 0 Å². The molecule has 0 bridgehead atoms. The number of aromatic nitrogens is 1. The zero-order valence-electron chi connectivity index (χ0n) is 14.0. The molecule has 1 aromatic heterocycles. The lowest BCUT2D eigenvalue weighted by Gasteiger charge is -2.11. The molecule has 0 aliphatic rings. The fourth-order valence-corrected chi connectivity index (χ4v) is 3.54. The fraction of sp³-hybridized carbons (Fsp3) is 0.105. The molecule has 0 spiro atoms. The number of benzene rings is 2. The third-order valence-corrected chi connectivity index (χ3v) is 4.87. The maximum atomic E-state index is 12.5. The first kappa shape index (κ1) is 18.3. The first-order chi connectivity index (χ1) is 12.5. The van der Waals surface area contributed by atoms with Crippen LogP contribution in [-0.2, 0) is 11.2 Å². The van der Waals surface area contributed by atoms with E-state index in [0.29, 0.717) is 23.5 Å². The van der Waals surface area contributed by atoms with E-state index in [1.165, 1.54) is 18.3 Å². The SMILES string of the molecule is CC(=O)Nc1ccc(Br)cc1NC(=O)c1csc(Cc2ccccc2)n1. The number of hydrogen-bond donors (Lipinski definition) is 2. The van der Waals surface area contributed by atoms with Gasteiger partial charge in [0.25, 0.3) is 5.91 Å².